The summed E-state index contributed by atoms with van der Waals surface area (Å²) in [6.45, 7) is 2.59. The number of sulfonamides is 1. The van der Waals surface area contributed by atoms with Gasteiger partial charge in [0.25, 0.3) is 0 Å². The van der Waals surface area contributed by atoms with Crippen molar-refractivity contribution in [2.45, 2.75) is 50.6 Å². The Morgan fingerprint density at radius 2 is 2.00 bits per heavy atom. The molecular weight excluding hydrogens is 262 g/mol. The lowest BCUT2D eigenvalue weighted by molar-refractivity contribution is 0.187. The van der Waals surface area contributed by atoms with Crippen LogP contribution in [-0.4, -0.2) is 57.8 Å². The molecule has 2 aliphatic rings. The van der Waals surface area contributed by atoms with Gasteiger partial charge in [0, 0.05) is 18.6 Å². The zero-order valence-electron chi connectivity index (χ0n) is 11.9. The number of likely N-dealkylation sites (tertiary alicyclic amines) is 1. The van der Waals surface area contributed by atoms with E-state index in [0.717, 1.165) is 38.8 Å². The third-order valence-electron chi connectivity index (χ3n) is 4.29. The molecular formula is C13H27N3O2S. The number of nitrogens with one attached hydrogen (secondary N) is 2. The Labute approximate surface area is 117 Å². The van der Waals surface area contributed by atoms with Crippen LogP contribution in [0.2, 0.25) is 0 Å². The molecule has 2 fully saturated rings. The highest BCUT2D eigenvalue weighted by molar-refractivity contribution is 7.89. The predicted octanol–water partition coefficient (Wildman–Crippen LogP) is 0.532. The predicted molar refractivity (Wildman–Crippen MR) is 77.7 cm³/mol. The molecule has 0 aliphatic carbocycles. The first kappa shape index (κ1) is 15.2. The molecule has 2 aliphatic heterocycles. The van der Waals surface area contributed by atoms with E-state index in [0.29, 0.717) is 12.6 Å². The number of nitrogens with zero attached hydrogens (tertiary/aromatic N) is 1. The van der Waals surface area contributed by atoms with Gasteiger partial charge in [-0.1, -0.05) is 12.8 Å². The summed E-state index contributed by atoms with van der Waals surface area (Å²) in [4.78, 5) is 2.27. The van der Waals surface area contributed by atoms with Crippen molar-refractivity contribution in [2.24, 2.45) is 0 Å². The first-order chi connectivity index (χ1) is 9.07. The number of rotatable bonds is 5. The Hall–Kier alpha value is -0.170. The van der Waals surface area contributed by atoms with Crippen LogP contribution in [0.25, 0.3) is 0 Å². The van der Waals surface area contributed by atoms with E-state index in [1.807, 2.05) is 0 Å². The minimum atomic E-state index is -3.14. The second kappa shape index (κ2) is 7.02. The van der Waals surface area contributed by atoms with Crippen LogP contribution < -0.4 is 10.0 Å². The van der Waals surface area contributed by atoms with E-state index in [4.69, 9.17) is 0 Å². The second-order valence-electron chi connectivity index (χ2n) is 5.91. The molecule has 2 heterocycles. The van der Waals surface area contributed by atoms with Gasteiger partial charge in [-0.05, 0) is 45.8 Å². The van der Waals surface area contributed by atoms with Crippen LogP contribution in [0.15, 0.2) is 0 Å². The van der Waals surface area contributed by atoms with Crippen molar-refractivity contribution in [1.29, 1.82) is 0 Å². The number of hydrogen-bond acceptors (Lipinski definition) is 4. The van der Waals surface area contributed by atoms with E-state index >= 15 is 0 Å². The van der Waals surface area contributed by atoms with Gasteiger partial charge in [-0.2, -0.15) is 0 Å². The van der Waals surface area contributed by atoms with Gasteiger partial charge in [0.2, 0.25) is 10.0 Å². The fourth-order valence-electron chi connectivity index (χ4n) is 3.02. The molecule has 0 aromatic heterocycles. The number of piperidine rings is 2. The second-order valence-corrected chi connectivity index (χ2v) is 7.76. The van der Waals surface area contributed by atoms with Crippen molar-refractivity contribution in [3.63, 3.8) is 0 Å². The maximum absolute atomic E-state index is 12.1. The number of hydrogen-bond donors (Lipinski definition) is 2. The van der Waals surface area contributed by atoms with Crippen molar-refractivity contribution >= 4 is 10.0 Å². The van der Waals surface area contributed by atoms with Crippen molar-refractivity contribution in [3.05, 3.63) is 0 Å². The third-order valence-corrected chi connectivity index (χ3v) is 5.74. The molecule has 2 unspecified atom stereocenters. The lowest BCUT2D eigenvalue weighted by Gasteiger charge is -2.32. The van der Waals surface area contributed by atoms with Crippen molar-refractivity contribution < 1.29 is 8.42 Å². The summed E-state index contributed by atoms with van der Waals surface area (Å²) >= 11 is 0. The van der Waals surface area contributed by atoms with Crippen LogP contribution in [0.4, 0.5) is 0 Å². The Morgan fingerprint density at radius 3 is 2.68 bits per heavy atom. The highest BCUT2D eigenvalue weighted by Crippen LogP contribution is 2.14. The molecule has 0 radical (unpaired) electrons. The number of likely N-dealkylation sites (N-methyl/N-ethyl adjacent to an activating group) is 1. The molecule has 112 valence electrons. The Morgan fingerprint density at radius 1 is 1.21 bits per heavy atom. The largest absolute Gasteiger partial charge is 0.313 e. The average Bonchev–Trinajstić information content (AvgIpc) is 2.38. The molecule has 0 aromatic rings. The summed E-state index contributed by atoms with van der Waals surface area (Å²) in [6, 6.07) is 0.498. The van der Waals surface area contributed by atoms with Gasteiger partial charge in [-0.15, -0.1) is 0 Å². The summed E-state index contributed by atoms with van der Waals surface area (Å²) < 4.78 is 27.0. The van der Waals surface area contributed by atoms with Crippen LogP contribution in [0.3, 0.4) is 0 Å². The highest BCUT2D eigenvalue weighted by Gasteiger charge is 2.24. The lowest BCUT2D eigenvalue weighted by atomic mass is 10.0. The Kier molecular flexibility index (Phi) is 5.62. The summed E-state index contributed by atoms with van der Waals surface area (Å²) in [5, 5.41) is 3.29. The van der Waals surface area contributed by atoms with Gasteiger partial charge in [-0.25, -0.2) is 13.1 Å². The molecule has 0 bridgehead atoms. The van der Waals surface area contributed by atoms with Gasteiger partial charge in [0.1, 0.15) is 0 Å². The van der Waals surface area contributed by atoms with E-state index in [1.165, 1.54) is 12.8 Å². The quantitative estimate of drug-likeness (QED) is 0.775. The summed E-state index contributed by atoms with van der Waals surface area (Å²) in [5.41, 5.74) is 0. The molecule has 0 saturated carbocycles. The first-order valence-corrected chi connectivity index (χ1v) is 9.13. The smallest absolute Gasteiger partial charge is 0.213 e. The molecule has 2 saturated heterocycles. The Bertz CT molecular complexity index is 366. The lowest BCUT2D eigenvalue weighted by Crippen LogP contribution is -2.47. The molecule has 2 atom stereocenters. The highest BCUT2D eigenvalue weighted by atomic mass is 32.2. The van der Waals surface area contributed by atoms with E-state index in [-0.39, 0.29) is 11.8 Å². The zero-order chi connectivity index (χ0) is 13.7. The van der Waals surface area contributed by atoms with E-state index in [1.54, 1.807) is 0 Å². The van der Waals surface area contributed by atoms with Gasteiger partial charge in [0.05, 0.1) is 5.75 Å². The maximum atomic E-state index is 12.1. The summed E-state index contributed by atoms with van der Waals surface area (Å²) in [6.07, 6.45) is 6.81. The Balaban J connectivity index is 1.76. The van der Waals surface area contributed by atoms with E-state index < -0.39 is 10.0 Å². The van der Waals surface area contributed by atoms with Crippen LogP contribution >= 0.6 is 0 Å². The molecule has 19 heavy (non-hydrogen) atoms. The van der Waals surface area contributed by atoms with Crippen molar-refractivity contribution in [3.8, 4) is 0 Å². The molecule has 0 spiro atoms. The standard InChI is InChI=1S/C13H27N3O2S/c1-16-9-5-3-7-13(16)10-15-19(17,18)11-12-6-2-4-8-14-12/h12-15H,2-11H2,1H3. The molecule has 0 amide bonds. The topological polar surface area (TPSA) is 61.4 Å². The molecule has 2 rings (SSSR count). The van der Waals surface area contributed by atoms with Crippen molar-refractivity contribution in [2.75, 3.05) is 32.4 Å². The average molecular weight is 289 g/mol. The summed E-state index contributed by atoms with van der Waals surface area (Å²) in [5.74, 6) is 0.226. The van der Waals surface area contributed by atoms with Gasteiger partial charge in [0.15, 0.2) is 0 Å². The SMILES string of the molecule is CN1CCCCC1CNS(=O)(=O)CC1CCCCN1. The van der Waals surface area contributed by atoms with Crippen LogP contribution in [0.1, 0.15) is 38.5 Å². The molecule has 2 N–H and O–H groups in total. The van der Waals surface area contributed by atoms with E-state index in [2.05, 4.69) is 22.0 Å². The monoisotopic (exact) mass is 289 g/mol. The molecule has 5 nitrogen and oxygen atoms in total. The van der Waals surface area contributed by atoms with Crippen LogP contribution in [-0.2, 0) is 10.0 Å². The van der Waals surface area contributed by atoms with Gasteiger partial charge in [-0.3, -0.25) is 0 Å². The third kappa shape index (κ3) is 5.02. The van der Waals surface area contributed by atoms with Gasteiger partial charge < -0.3 is 10.2 Å². The fourth-order valence-corrected chi connectivity index (χ4v) is 4.39. The van der Waals surface area contributed by atoms with Crippen LogP contribution in [0.5, 0.6) is 0 Å². The maximum Gasteiger partial charge on any atom is 0.213 e. The minimum Gasteiger partial charge on any atom is -0.313 e. The minimum absolute atomic E-state index is 0.135. The zero-order valence-corrected chi connectivity index (χ0v) is 12.7. The fraction of sp³-hybridized carbons (Fsp3) is 1.00. The summed E-state index contributed by atoms with van der Waals surface area (Å²) in [7, 11) is -1.06. The normalized spacial score (nSPS) is 30.4. The molecule has 6 heteroatoms. The van der Waals surface area contributed by atoms with Crippen LogP contribution in [0, 0.1) is 0 Å². The van der Waals surface area contributed by atoms with Crippen molar-refractivity contribution in [1.82, 2.24) is 14.9 Å². The molecule has 0 aromatic carbocycles. The van der Waals surface area contributed by atoms with Gasteiger partial charge >= 0.3 is 0 Å². The first-order valence-electron chi connectivity index (χ1n) is 7.48. The van der Waals surface area contributed by atoms with E-state index in [9.17, 15) is 8.42 Å².